The standard InChI is InChI=1S/C36H44FN3O4Si/c1-5-42-35(41)28-22-23-39(34-33-29(37)19-14-20-30(33)40(38-34)32-21-12-13-24-43-32)25-31(28)44-45(36(2,3)4,26-15-8-6-9-16-26)27-17-10-7-11-18-27/h6-11,14-20,28,31-32H,5,12-13,21-25H2,1-4H3/t28-,31-,32?/m1/s1. The van der Waals surface area contributed by atoms with Crippen molar-refractivity contribution in [3.05, 3.63) is 84.7 Å². The number of piperidine rings is 1. The first-order valence-electron chi connectivity index (χ1n) is 16.2. The quantitative estimate of drug-likeness (QED) is 0.171. The molecule has 4 aromatic rings. The van der Waals surface area contributed by atoms with Gasteiger partial charge in [0.05, 0.1) is 29.5 Å². The Morgan fingerprint density at radius 1 is 0.978 bits per heavy atom. The first-order chi connectivity index (χ1) is 21.7. The summed E-state index contributed by atoms with van der Waals surface area (Å²) in [5, 5.41) is 7.49. The highest BCUT2D eigenvalue weighted by atomic mass is 28.4. The number of esters is 1. The molecule has 0 radical (unpaired) electrons. The molecular formula is C36H44FN3O4Si. The molecule has 0 aliphatic carbocycles. The summed E-state index contributed by atoms with van der Waals surface area (Å²) < 4.78 is 36.7. The van der Waals surface area contributed by atoms with E-state index >= 15 is 4.39 Å². The van der Waals surface area contributed by atoms with E-state index in [-0.39, 0.29) is 23.1 Å². The summed E-state index contributed by atoms with van der Waals surface area (Å²) in [5.74, 6) is -0.475. The molecule has 0 bridgehead atoms. The number of hydrogen-bond donors (Lipinski definition) is 0. The molecule has 3 atom stereocenters. The van der Waals surface area contributed by atoms with Crippen LogP contribution in [0.4, 0.5) is 10.2 Å². The molecule has 0 amide bonds. The number of aromatic nitrogens is 2. The van der Waals surface area contributed by atoms with Crippen molar-refractivity contribution >= 4 is 41.4 Å². The van der Waals surface area contributed by atoms with Gasteiger partial charge in [-0.15, -0.1) is 0 Å². The highest BCUT2D eigenvalue weighted by Crippen LogP contribution is 2.41. The fraction of sp³-hybridized carbons (Fsp3) is 0.444. The Labute approximate surface area is 266 Å². The zero-order valence-corrected chi connectivity index (χ0v) is 27.7. The number of carbonyl (C=O) groups is 1. The first-order valence-corrected chi connectivity index (χ1v) is 18.1. The van der Waals surface area contributed by atoms with Gasteiger partial charge in [-0.2, -0.15) is 5.10 Å². The van der Waals surface area contributed by atoms with Gasteiger partial charge in [0.2, 0.25) is 0 Å². The van der Waals surface area contributed by atoms with Gasteiger partial charge in [-0.25, -0.2) is 9.07 Å². The van der Waals surface area contributed by atoms with Crippen molar-refractivity contribution in [1.82, 2.24) is 9.78 Å². The summed E-state index contributed by atoms with van der Waals surface area (Å²) in [4.78, 5) is 15.6. The molecule has 3 aromatic carbocycles. The van der Waals surface area contributed by atoms with E-state index in [9.17, 15) is 4.79 Å². The summed E-state index contributed by atoms with van der Waals surface area (Å²) in [6.45, 7) is 10.4. The Bertz CT molecular complexity index is 1560. The third-order valence-corrected chi connectivity index (χ3v) is 14.3. The van der Waals surface area contributed by atoms with Gasteiger partial charge in [0.25, 0.3) is 8.32 Å². The van der Waals surface area contributed by atoms with Crippen LogP contribution in [0.3, 0.4) is 0 Å². The third-order valence-electron chi connectivity index (χ3n) is 9.29. The van der Waals surface area contributed by atoms with Crippen molar-refractivity contribution in [2.75, 3.05) is 31.2 Å². The fourth-order valence-corrected chi connectivity index (χ4v) is 11.9. The lowest BCUT2D eigenvalue weighted by atomic mass is 9.94. The van der Waals surface area contributed by atoms with Crippen LogP contribution in [-0.2, 0) is 18.7 Å². The lowest BCUT2D eigenvalue weighted by Crippen LogP contribution is -2.69. The van der Waals surface area contributed by atoms with E-state index in [0.29, 0.717) is 49.4 Å². The molecule has 2 aliphatic rings. The van der Waals surface area contributed by atoms with Gasteiger partial charge in [0.1, 0.15) is 5.82 Å². The predicted octanol–water partition coefficient (Wildman–Crippen LogP) is 6.21. The minimum absolute atomic E-state index is 0.238. The molecule has 0 spiro atoms. The molecule has 2 aliphatic heterocycles. The molecule has 1 unspecified atom stereocenters. The van der Waals surface area contributed by atoms with Gasteiger partial charge in [0.15, 0.2) is 12.0 Å². The zero-order chi connectivity index (χ0) is 31.6. The Morgan fingerprint density at radius 2 is 1.67 bits per heavy atom. The maximum atomic E-state index is 15.6. The minimum atomic E-state index is -3.02. The summed E-state index contributed by atoms with van der Waals surface area (Å²) in [6.07, 6.45) is 2.64. The number of fused-ring (bicyclic) bond motifs is 1. The van der Waals surface area contributed by atoms with Crippen LogP contribution in [0.1, 0.15) is 59.6 Å². The average molecular weight is 630 g/mol. The predicted molar refractivity (Wildman–Crippen MR) is 178 cm³/mol. The van der Waals surface area contributed by atoms with Gasteiger partial charge >= 0.3 is 5.97 Å². The number of benzene rings is 3. The molecule has 2 saturated heterocycles. The Balaban J connectivity index is 1.46. The highest BCUT2D eigenvalue weighted by Gasteiger charge is 2.53. The van der Waals surface area contributed by atoms with E-state index in [1.165, 1.54) is 6.07 Å². The molecule has 0 N–H and O–H groups in total. The number of anilines is 1. The van der Waals surface area contributed by atoms with Crippen LogP contribution in [-0.4, -0.2) is 56.5 Å². The summed E-state index contributed by atoms with van der Waals surface area (Å²) in [5.41, 5.74) is 0.717. The van der Waals surface area contributed by atoms with Crippen LogP contribution in [0.15, 0.2) is 78.9 Å². The van der Waals surface area contributed by atoms with Crippen LogP contribution < -0.4 is 15.3 Å². The zero-order valence-electron chi connectivity index (χ0n) is 26.7. The molecular weight excluding hydrogens is 585 g/mol. The van der Waals surface area contributed by atoms with Gasteiger partial charge in [0, 0.05) is 19.7 Å². The average Bonchev–Trinajstić information content (AvgIpc) is 3.45. The van der Waals surface area contributed by atoms with Crippen molar-refractivity contribution in [2.24, 2.45) is 5.92 Å². The van der Waals surface area contributed by atoms with Crippen LogP contribution >= 0.6 is 0 Å². The van der Waals surface area contributed by atoms with Crippen LogP contribution in [0.25, 0.3) is 10.9 Å². The SMILES string of the molecule is CCOC(=O)[C@@H]1CCN(c2nn(C3CCCCO3)c3cccc(F)c23)C[C@H]1O[Si](c1ccccc1)(c1ccccc1)C(C)(C)C. The van der Waals surface area contributed by atoms with Crippen LogP contribution in [0, 0.1) is 11.7 Å². The van der Waals surface area contributed by atoms with Crippen LogP contribution in [0.5, 0.6) is 0 Å². The van der Waals surface area contributed by atoms with E-state index < -0.39 is 20.3 Å². The summed E-state index contributed by atoms with van der Waals surface area (Å²) in [7, 11) is -3.02. The molecule has 7 nitrogen and oxygen atoms in total. The van der Waals surface area contributed by atoms with E-state index in [1.54, 1.807) is 6.07 Å². The maximum absolute atomic E-state index is 15.6. The smallest absolute Gasteiger partial charge is 0.311 e. The summed E-state index contributed by atoms with van der Waals surface area (Å²) in [6, 6.07) is 26.0. The normalized spacial score (nSPS) is 21.2. The van der Waals surface area contributed by atoms with Crippen molar-refractivity contribution in [1.29, 1.82) is 0 Å². The Kier molecular flexibility index (Phi) is 9.13. The van der Waals surface area contributed by atoms with E-state index in [4.69, 9.17) is 19.0 Å². The second kappa shape index (κ2) is 13.1. The van der Waals surface area contributed by atoms with Crippen molar-refractivity contribution in [3.8, 4) is 0 Å². The number of halogens is 1. The van der Waals surface area contributed by atoms with E-state index in [0.717, 1.165) is 29.6 Å². The highest BCUT2D eigenvalue weighted by molar-refractivity contribution is 6.99. The first kappa shape index (κ1) is 31.4. The minimum Gasteiger partial charge on any atom is -0.466 e. The van der Waals surface area contributed by atoms with Gasteiger partial charge in [-0.3, -0.25) is 4.79 Å². The second-order valence-corrected chi connectivity index (χ2v) is 17.4. The van der Waals surface area contributed by atoms with Gasteiger partial charge < -0.3 is 18.8 Å². The van der Waals surface area contributed by atoms with Crippen molar-refractivity contribution in [2.45, 2.75) is 70.7 Å². The third kappa shape index (κ3) is 5.93. The van der Waals surface area contributed by atoms with E-state index in [1.807, 2.05) is 29.8 Å². The molecule has 0 saturated carbocycles. The molecule has 9 heteroatoms. The van der Waals surface area contributed by atoms with Crippen molar-refractivity contribution < 1.29 is 23.1 Å². The Hall–Kier alpha value is -3.53. The molecule has 238 valence electrons. The van der Waals surface area contributed by atoms with E-state index in [2.05, 4.69) is 74.2 Å². The summed E-state index contributed by atoms with van der Waals surface area (Å²) >= 11 is 0. The Morgan fingerprint density at radius 3 is 2.27 bits per heavy atom. The van der Waals surface area contributed by atoms with Gasteiger partial charge in [-0.05, 0) is 60.2 Å². The molecule has 45 heavy (non-hydrogen) atoms. The topological polar surface area (TPSA) is 65.8 Å². The van der Waals surface area contributed by atoms with Crippen molar-refractivity contribution in [3.63, 3.8) is 0 Å². The molecule has 2 fully saturated rings. The lowest BCUT2D eigenvalue weighted by Gasteiger charge is -2.48. The fourth-order valence-electron chi connectivity index (χ4n) is 7.15. The van der Waals surface area contributed by atoms with Crippen LogP contribution in [0.2, 0.25) is 5.04 Å². The monoisotopic (exact) mass is 629 g/mol. The molecule has 3 heterocycles. The van der Waals surface area contributed by atoms with Gasteiger partial charge in [-0.1, -0.05) is 87.5 Å². The number of rotatable bonds is 8. The maximum Gasteiger partial charge on any atom is 0.311 e. The molecule has 1 aromatic heterocycles. The number of nitrogens with zero attached hydrogens (tertiary/aromatic N) is 3. The largest absolute Gasteiger partial charge is 0.466 e. The number of hydrogen-bond acceptors (Lipinski definition) is 6. The second-order valence-electron chi connectivity index (χ2n) is 13.1. The lowest BCUT2D eigenvalue weighted by molar-refractivity contribution is -0.152. The molecule has 6 rings (SSSR count). The number of carbonyl (C=O) groups excluding carboxylic acids is 1. The number of ether oxygens (including phenoxy) is 2.